The van der Waals surface area contributed by atoms with E-state index >= 15 is 0 Å². The molecule has 0 heterocycles. The van der Waals surface area contributed by atoms with E-state index in [4.69, 9.17) is 5.73 Å². The number of nitrogens with two attached hydrogens (primary N) is 1. The van der Waals surface area contributed by atoms with Crippen LogP contribution < -0.4 is 5.73 Å². The van der Waals surface area contributed by atoms with Crippen LogP contribution in [0.5, 0.6) is 0 Å². The summed E-state index contributed by atoms with van der Waals surface area (Å²) in [5.41, 5.74) is 7.76. The summed E-state index contributed by atoms with van der Waals surface area (Å²) in [6.45, 7) is 2.46. The number of hydrogen-bond acceptors (Lipinski definition) is 2. The van der Waals surface area contributed by atoms with Crippen molar-refractivity contribution in [2.45, 2.75) is 51.1 Å². The quantitative estimate of drug-likeness (QED) is 0.903. The number of nitrogens with zero attached hydrogens (tertiary/aromatic N) is 1. The second-order valence-electron chi connectivity index (χ2n) is 5.73. The van der Waals surface area contributed by atoms with Gasteiger partial charge in [0.05, 0.1) is 0 Å². The molecule has 1 aromatic rings. The molecule has 0 saturated heterocycles. The first-order valence-electron chi connectivity index (χ1n) is 7.31. The van der Waals surface area contributed by atoms with Gasteiger partial charge in [0.2, 0.25) is 0 Å². The maximum atomic E-state index is 14.1. The molecule has 2 N–H and O–H groups in total. The molecule has 1 atom stereocenters. The molecule has 0 spiro atoms. The number of likely N-dealkylation sites (N-methyl/N-ethyl adjacent to an activating group) is 1. The average molecular weight is 264 g/mol. The second kappa shape index (κ2) is 6.49. The predicted octanol–water partition coefficient (Wildman–Crippen LogP) is 3.40. The Morgan fingerprint density at radius 2 is 2.00 bits per heavy atom. The van der Waals surface area contributed by atoms with E-state index in [2.05, 4.69) is 11.9 Å². The summed E-state index contributed by atoms with van der Waals surface area (Å²) < 4.78 is 14.1. The van der Waals surface area contributed by atoms with Gasteiger partial charge in [0.15, 0.2) is 0 Å². The van der Waals surface area contributed by atoms with Crippen molar-refractivity contribution in [3.05, 3.63) is 35.1 Å². The van der Waals surface area contributed by atoms with Gasteiger partial charge in [0.25, 0.3) is 0 Å². The van der Waals surface area contributed by atoms with Gasteiger partial charge in [-0.25, -0.2) is 4.39 Å². The smallest absolute Gasteiger partial charge is 0.128 e. The minimum Gasteiger partial charge on any atom is -0.329 e. The van der Waals surface area contributed by atoms with Crippen LogP contribution in [-0.2, 0) is 0 Å². The number of rotatable bonds is 4. The summed E-state index contributed by atoms with van der Waals surface area (Å²) in [5, 5.41) is 0. The summed E-state index contributed by atoms with van der Waals surface area (Å²) in [7, 11) is 2.09. The predicted molar refractivity (Wildman–Crippen MR) is 77.6 cm³/mol. The Balaban J connectivity index is 2.20. The molecule has 1 aromatic carbocycles. The molecule has 3 heteroatoms. The van der Waals surface area contributed by atoms with Crippen LogP contribution in [0.15, 0.2) is 18.2 Å². The summed E-state index contributed by atoms with van der Waals surface area (Å²) in [6.07, 6.45) is 6.31. The number of halogens is 1. The molecule has 0 bridgehead atoms. The molecule has 1 fully saturated rings. The molecule has 0 aliphatic heterocycles. The molecule has 1 saturated carbocycles. The van der Waals surface area contributed by atoms with Crippen molar-refractivity contribution in [3.63, 3.8) is 0 Å². The lowest BCUT2D eigenvalue weighted by Crippen LogP contribution is -2.40. The minimum atomic E-state index is -0.135. The van der Waals surface area contributed by atoms with Gasteiger partial charge in [-0.2, -0.15) is 0 Å². The van der Waals surface area contributed by atoms with Crippen molar-refractivity contribution in [3.8, 4) is 0 Å². The summed E-state index contributed by atoms with van der Waals surface area (Å²) in [4.78, 5) is 2.29. The fourth-order valence-electron chi connectivity index (χ4n) is 3.17. The highest BCUT2D eigenvalue weighted by molar-refractivity contribution is 5.27. The molecule has 1 aliphatic carbocycles. The number of benzene rings is 1. The van der Waals surface area contributed by atoms with Gasteiger partial charge in [0, 0.05) is 24.2 Å². The van der Waals surface area contributed by atoms with Gasteiger partial charge in [-0.3, -0.25) is 4.90 Å². The third kappa shape index (κ3) is 3.34. The molecule has 0 radical (unpaired) electrons. The first-order chi connectivity index (χ1) is 9.13. The third-order valence-electron chi connectivity index (χ3n) is 4.38. The second-order valence-corrected chi connectivity index (χ2v) is 5.73. The standard InChI is InChI=1S/C16H25FN2/c1-12-8-9-15(17)14(10-12)16(11-18)19(2)13-6-4-3-5-7-13/h8-10,13,16H,3-7,11,18H2,1-2H3. The van der Waals surface area contributed by atoms with Crippen LogP contribution in [0.2, 0.25) is 0 Å². The Bertz CT molecular complexity index is 413. The van der Waals surface area contributed by atoms with Crippen LogP contribution in [0.3, 0.4) is 0 Å². The highest BCUT2D eigenvalue weighted by Gasteiger charge is 2.26. The van der Waals surface area contributed by atoms with Gasteiger partial charge >= 0.3 is 0 Å². The van der Waals surface area contributed by atoms with Crippen molar-refractivity contribution in [2.75, 3.05) is 13.6 Å². The van der Waals surface area contributed by atoms with Crippen LogP contribution in [0, 0.1) is 12.7 Å². The highest BCUT2D eigenvalue weighted by atomic mass is 19.1. The topological polar surface area (TPSA) is 29.3 Å². The van der Waals surface area contributed by atoms with E-state index in [1.54, 1.807) is 6.07 Å². The van der Waals surface area contributed by atoms with E-state index in [0.29, 0.717) is 12.6 Å². The van der Waals surface area contributed by atoms with Crippen molar-refractivity contribution >= 4 is 0 Å². The number of hydrogen-bond donors (Lipinski definition) is 1. The van der Waals surface area contributed by atoms with Crippen molar-refractivity contribution < 1.29 is 4.39 Å². The van der Waals surface area contributed by atoms with E-state index in [0.717, 1.165) is 11.1 Å². The number of aryl methyl sites for hydroxylation is 1. The third-order valence-corrected chi connectivity index (χ3v) is 4.38. The molecular weight excluding hydrogens is 239 g/mol. The van der Waals surface area contributed by atoms with Gasteiger partial charge in [-0.1, -0.05) is 37.0 Å². The normalized spacial score (nSPS) is 18.8. The zero-order valence-corrected chi connectivity index (χ0v) is 12.0. The van der Waals surface area contributed by atoms with Gasteiger partial charge in [-0.05, 0) is 32.9 Å². The zero-order chi connectivity index (χ0) is 13.8. The SMILES string of the molecule is Cc1ccc(F)c(C(CN)N(C)C2CCCCC2)c1. The molecule has 19 heavy (non-hydrogen) atoms. The Morgan fingerprint density at radius 3 is 2.63 bits per heavy atom. The van der Waals surface area contributed by atoms with Gasteiger partial charge in [0.1, 0.15) is 5.82 Å². The van der Waals surface area contributed by atoms with Crippen molar-refractivity contribution in [2.24, 2.45) is 5.73 Å². The Labute approximate surface area is 115 Å². The van der Waals surface area contributed by atoms with Crippen molar-refractivity contribution in [1.29, 1.82) is 0 Å². The molecule has 1 unspecified atom stereocenters. The Hall–Kier alpha value is -0.930. The lowest BCUT2D eigenvalue weighted by molar-refractivity contribution is 0.138. The summed E-state index contributed by atoms with van der Waals surface area (Å²) >= 11 is 0. The molecule has 1 aliphatic rings. The minimum absolute atomic E-state index is 0.0111. The molecule has 2 nitrogen and oxygen atoms in total. The maximum Gasteiger partial charge on any atom is 0.128 e. The van der Waals surface area contributed by atoms with Crippen molar-refractivity contribution in [1.82, 2.24) is 4.90 Å². The van der Waals surface area contributed by atoms with Crippen LogP contribution >= 0.6 is 0 Å². The Kier molecular flexibility index (Phi) is 4.94. The van der Waals surface area contributed by atoms with Crippen LogP contribution in [-0.4, -0.2) is 24.5 Å². The van der Waals surface area contributed by atoms with E-state index in [9.17, 15) is 4.39 Å². The summed E-state index contributed by atoms with van der Waals surface area (Å²) in [6, 6.07) is 5.84. The van der Waals surface area contributed by atoms with E-state index < -0.39 is 0 Å². The van der Waals surface area contributed by atoms with E-state index in [1.165, 1.54) is 32.1 Å². The lowest BCUT2D eigenvalue weighted by atomic mass is 9.92. The molecule has 0 aromatic heterocycles. The first-order valence-corrected chi connectivity index (χ1v) is 7.31. The first kappa shape index (κ1) is 14.5. The molecule has 2 rings (SSSR count). The largest absolute Gasteiger partial charge is 0.329 e. The monoisotopic (exact) mass is 264 g/mol. The maximum absolute atomic E-state index is 14.1. The highest BCUT2D eigenvalue weighted by Crippen LogP contribution is 2.29. The van der Waals surface area contributed by atoms with Crippen LogP contribution in [0.25, 0.3) is 0 Å². The Morgan fingerprint density at radius 1 is 1.32 bits per heavy atom. The fourth-order valence-corrected chi connectivity index (χ4v) is 3.17. The summed E-state index contributed by atoms with van der Waals surface area (Å²) in [5.74, 6) is -0.135. The fraction of sp³-hybridized carbons (Fsp3) is 0.625. The van der Waals surface area contributed by atoms with Gasteiger partial charge < -0.3 is 5.73 Å². The molecule has 0 amide bonds. The van der Waals surface area contributed by atoms with E-state index in [-0.39, 0.29) is 11.9 Å². The van der Waals surface area contributed by atoms with Crippen LogP contribution in [0.1, 0.15) is 49.3 Å². The molecular formula is C16H25FN2. The molecule has 106 valence electrons. The average Bonchev–Trinajstić information content (AvgIpc) is 2.44. The zero-order valence-electron chi connectivity index (χ0n) is 12.0. The van der Waals surface area contributed by atoms with Gasteiger partial charge in [-0.15, -0.1) is 0 Å². The lowest BCUT2D eigenvalue weighted by Gasteiger charge is -2.37. The van der Waals surface area contributed by atoms with Crippen LogP contribution in [0.4, 0.5) is 4.39 Å². The van der Waals surface area contributed by atoms with E-state index in [1.807, 2.05) is 19.1 Å².